The average molecular weight is 432 g/mol. The van der Waals surface area contributed by atoms with Crippen molar-refractivity contribution in [3.8, 4) is 11.5 Å². The van der Waals surface area contributed by atoms with Crippen LogP contribution >= 0.6 is 15.9 Å². The molecule has 0 aliphatic carbocycles. The molecule has 140 valence electrons. The van der Waals surface area contributed by atoms with Crippen LogP contribution in [0.25, 0.3) is 11.0 Å². The standard InChI is InChI=1S/C19H18BrN3O4/c1-25-12-5-4-11(15(8-12)26-2)10-22-16-9-13(19(24)27-3)17-18(23-16)14(20)6-7-21-17/h4-9H,10H2,1-3H3,(H,22,23). The number of pyridine rings is 2. The zero-order valence-corrected chi connectivity index (χ0v) is 16.7. The topological polar surface area (TPSA) is 82.6 Å². The van der Waals surface area contributed by atoms with E-state index in [9.17, 15) is 4.79 Å². The van der Waals surface area contributed by atoms with Gasteiger partial charge in [-0.1, -0.05) is 0 Å². The minimum Gasteiger partial charge on any atom is -0.497 e. The van der Waals surface area contributed by atoms with Crippen molar-refractivity contribution in [2.75, 3.05) is 26.6 Å². The predicted octanol–water partition coefficient (Wildman–Crippen LogP) is 3.81. The molecule has 0 unspecified atom stereocenters. The van der Waals surface area contributed by atoms with E-state index in [1.165, 1.54) is 7.11 Å². The van der Waals surface area contributed by atoms with Gasteiger partial charge in [-0.2, -0.15) is 0 Å². The van der Waals surface area contributed by atoms with Crippen LogP contribution in [-0.4, -0.2) is 37.3 Å². The van der Waals surface area contributed by atoms with Gasteiger partial charge in [0.1, 0.15) is 28.4 Å². The van der Waals surface area contributed by atoms with E-state index in [-0.39, 0.29) is 0 Å². The van der Waals surface area contributed by atoms with Crippen molar-refractivity contribution < 1.29 is 19.0 Å². The van der Waals surface area contributed by atoms with E-state index in [1.54, 1.807) is 32.5 Å². The summed E-state index contributed by atoms with van der Waals surface area (Å²) in [6.07, 6.45) is 1.61. The van der Waals surface area contributed by atoms with E-state index in [0.717, 1.165) is 10.0 Å². The van der Waals surface area contributed by atoms with Gasteiger partial charge < -0.3 is 19.5 Å². The van der Waals surface area contributed by atoms with Crippen molar-refractivity contribution in [3.63, 3.8) is 0 Å². The minimum atomic E-state index is -0.474. The molecule has 1 aromatic carbocycles. The van der Waals surface area contributed by atoms with E-state index in [4.69, 9.17) is 14.2 Å². The van der Waals surface area contributed by atoms with Crippen molar-refractivity contribution in [1.29, 1.82) is 0 Å². The fraction of sp³-hybridized carbons (Fsp3) is 0.211. The molecule has 8 heteroatoms. The second-order valence-electron chi connectivity index (χ2n) is 5.57. The van der Waals surface area contributed by atoms with Gasteiger partial charge in [0, 0.05) is 28.8 Å². The summed E-state index contributed by atoms with van der Waals surface area (Å²) in [7, 11) is 4.54. The third-order valence-corrected chi connectivity index (χ3v) is 4.64. The van der Waals surface area contributed by atoms with Crippen LogP contribution in [-0.2, 0) is 11.3 Å². The molecule has 0 spiro atoms. The predicted molar refractivity (Wildman–Crippen MR) is 105 cm³/mol. The smallest absolute Gasteiger partial charge is 0.340 e. The van der Waals surface area contributed by atoms with E-state index in [2.05, 4.69) is 31.2 Å². The van der Waals surface area contributed by atoms with Crippen LogP contribution in [0.1, 0.15) is 15.9 Å². The molecule has 3 aromatic rings. The van der Waals surface area contributed by atoms with Crippen LogP contribution in [0.15, 0.2) is 41.0 Å². The maximum Gasteiger partial charge on any atom is 0.340 e. The number of nitrogens with one attached hydrogen (secondary N) is 1. The fourth-order valence-corrected chi connectivity index (χ4v) is 3.03. The highest BCUT2D eigenvalue weighted by molar-refractivity contribution is 9.10. The van der Waals surface area contributed by atoms with Gasteiger partial charge in [0.2, 0.25) is 0 Å². The van der Waals surface area contributed by atoms with Crippen molar-refractivity contribution in [2.24, 2.45) is 0 Å². The highest BCUT2D eigenvalue weighted by Crippen LogP contribution is 2.28. The molecule has 0 saturated carbocycles. The summed E-state index contributed by atoms with van der Waals surface area (Å²) in [5, 5.41) is 3.22. The number of esters is 1. The number of ether oxygens (including phenoxy) is 3. The SMILES string of the molecule is COC(=O)c1cc(NCc2ccc(OC)cc2OC)nc2c(Br)ccnc12. The average Bonchev–Trinajstić information content (AvgIpc) is 2.71. The Balaban J connectivity index is 1.96. The van der Waals surface area contributed by atoms with Gasteiger partial charge in [0.15, 0.2) is 0 Å². The first-order chi connectivity index (χ1) is 13.1. The van der Waals surface area contributed by atoms with Crippen molar-refractivity contribution in [3.05, 3.63) is 52.1 Å². The monoisotopic (exact) mass is 431 g/mol. The largest absolute Gasteiger partial charge is 0.497 e. The molecule has 0 bridgehead atoms. The van der Waals surface area contributed by atoms with Crippen LogP contribution in [0.4, 0.5) is 5.82 Å². The Morgan fingerprint density at radius 2 is 1.93 bits per heavy atom. The number of fused-ring (bicyclic) bond motifs is 1. The lowest BCUT2D eigenvalue weighted by Gasteiger charge is -2.13. The zero-order valence-electron chi connectivity index (χ0n) is 15.1. The lowest BCUT2D eigenvalue weighted by Crippen LogP contribution is -2.08. The molecule has 0 aliphatic rings. The Labute approximate surface area is 164 Å². The molecule has 2 aromatic heterocycles. The third-order valence-electron chi connectivity index (χ3n) is 4.00. The summed E-state index contributed by atoms with van der Waals surface area (Å²) in [5.41, 5.74) is 2.31. The van der Waals surface area contributed by atoms with E-state index in [0.29, 0.717) is 40.5 Å². The number of aromatic nitrogens is 2. The van der Waals surface area contributed by atoms with Crippen LogP contribution in [0, 0.1) is 0 Å². The van der Waals surface area contributed by atoms with Gasteiger partial charge in [-0.3, -0.25) is 4.98 Å². The van der Waals surface area contributed by atoms with Crippen LogP contribution in [0.2, 0.25) is 0 Å². The molecule has 0 radical (unpaired) electrons. The molecule has 0 atom stereocenters. The fourth-order valence-electron chi connectivity index (χ4n) is 2.63. The minimum absolute atomic E-state index is 0.341. The van der Waals surface area contributed by atoms with Gasteiger partial charge in [-0.25, -0.2) is 9.78 Å². The Morgan fingerprint density at radius 1 is 1.11 bits per heavy atom. The summed E-state index contributed by atoms with van der Waals surface area (Å²) >= 11 is 3.45. The number of carbonyl (C=O) groups excluding carboxylic acids is 1. The molecule has 0 saturated heterocycles. The molecule has 2 heterocycles. The first kappa shape index (κ1) is 18.9. The number of nitrogens with zero attached hydrogens (tertiary/aromatic N) is 2. The summed E-state index contributed by atoms with van der Waals surface area (Å²) < 4.78 is 16.2. The maximum atomic E-state index is 12.2. The molecule has 27 heavy (non-hydrogen) atoms. The molecule has 0 aliphatic heterocycles. The number of carbonyl (C=O) groups is 1. The Kier molecular flexibility index (Phi) is 5.75. The number of halogens is 1. The molecule has 0 fully saturated rings. The highest BCUT2D eigenvalue weighted by atomic mass is 79.9. The number of methoxy groups -OCH3 is 3. The summed E-state index contributed by atoms with van der Waals surface area (Å²) in [4.78, 5) is 21.0. The molecule has 3 rings (SSSR count). The van der Waals surface area contributed by atoms with Crippen LogP contribution in [0.5, 0.6) is 11.5 Å². The van der Waals surface area contributed by atoms with Gasteiger partial charge in [-0.05, 0) is 40.2 Å². The number of anilines is 1. The van der Waals surface area contributed by atoms with Crippen molar-refractivity contribution in [2.45, 2.75) is 6.54 Å². The first-order valence-corrected chi connectivity index (χ1v) is 8.85. The van der Waals surface area contributed by atoms with Gasteiger partial charge in [-0.15, -0.1) is 0 Å². The molecule has 0 amide bonds. The van der Waals surface area contributed by atoms with Gasteiger partial charge in [0.05, 0.1) is 26.9 Å². The summed E-state index contributed by atoms with van der Waals surface area (Å²) in [6, 6.07) is 8.97. The van der Waals surface area contributed by atoms with E-state index in [1.807, 2.05) is 18.2 Å². The van der Waals surface area contributed by atoms with Crippen LogP contribution in [0.3, 0.4) is 0 Å². The number of rotatable bonds is 6. The number of hydrogen-bond acceptors (Lipinski definition) is 7. The zero-order chi connectivity index (χ0) is 19.4. The van der Waals surface area contributed by atoms with Crippen molar-refractivity contribution >= 4 is 38.8 Å². The summed E-state index contributed by atoms with van der Waals surface area (Å²) in [5.74, 6) is 1.45. The Hall–Kier alpha value is -2.87. The molecule has 7 nitrogen and oxygen atoms in total. The lowest BCUT2D eigenvalue weighted by molar-refractivity contribution is 0.0602. The van der Waals surface area contributed by atoms with E-state index < -0.39 is 5.97 Å². The quantitative estimate of drug-likeness (QED) is 0.594. The number of benzene rings is 1. The normalized spacial score (nSPS) is 10.5. The number of hydrogen-bond donors (Lipinski definition) is 1. The molecular formula is C19H18BrN3O4. The van der Waals surface area contributed by atoms with Gasteiger partial charge >= 0.3 is 5.97 Å². The highest BCUT2D eigenvalue weighted by Gasteiger charge is 2.16. The molecule has 1 N–H and O–H groups in total. The van der Waals surface area contributed by atoms with E-state index >= 15 is 0 Å². The van der Waals surface area contributed by atoms with Crippen molar-refractivity contribution in [1.82, 2.24) is 9.97 Å². The summed E-state index contributed by atoms with van der Waals surface area (Å²) in [6.45, 7) is 0.449. The molecular weight excluding hydrogens is 414 g/mol. The maximum absolute atomic E-state index is 12.2. The Bertz CT molecular complexity index is 994. The Morgan fingerprint density at radius 3 is 2.63 bits per heavy atom. The van der Waals surface area contributed by atoms with Crippen LogP contribution < -0.4 is 14.8 Å². The second-order valence-corrected chi connectivity index (χ2v) is 6.42. The second kappa shape index (κ2) is 8.22. The first-order valence-electron chi connectivity index (χ1n) is 8.05. The van der Waals surface area contributed by atoms with Gasteiger partial charge in [0.25, 0.3) is 0 Å². The lowest BCUT2D eigenvalue weighted by atomic mass is 10.1. The third kappa shape index (κ3) is 3.95.